The number of benzene rings is 2. The van der Waals surface area contributed by atoms with Crippen LogP contribution in [0.2, 0.25) is 0 Å². The van der Waals surface area contributed by atoms with Crippen LogP contribution in [-0.4, -0.2) is 46.3 Å². The predicted octanol–water partition coefficient (Wildman–Crippen LogP) is 2.97. The quantitative estimate of drug-likeness (QED) is 0.649. The van der Waals surface area contributed by atoms with E-state index in [0.717, 1.165) is 17.4 Å². The van der Waals surface area contributed by atoms with Crippen LogP contribution >= 0.6 is 0 Å². The van der Waals surface area contributed by atoms with Crippen molar-refractivity contribution < 1.29 is 21.6 Å². The number of carbonyl (C=O) groups is 1. The van der Waals surface area contributed by atoms with Crippen molar-refractivity contribution in [3.05, 3.63) is 71.8 Å². The number of fused-ring (bicyclic) bond motifs is 1. The number of rotatable bonds is 6. The molecule has 0 aromatic heterocycles. The van der Waals surface area contributed by atoms with Gasteiger partial charge in [-0.3, -0.25) is 9.52 Å². The fourth-order valence-corrected chi connectivity index (χ4v) is 6.91. The normalized spacial score (nSPS) is 22.2. The molecular formula is C23H26N2O5S2. The topological polar surface area (TPSA) is 101 Å². The van der Waals surface area contributed by atoms with Gasteiger partial charge in [0.05, 0.1) is 11.9 Å². The van der Waals surface area contributed by atoms with E-state index in [-0.39, 0.29) is 29.5 Å². The van der Waals surface area contributed by atoms with Gasteiger partial charge in [-0.25, -0.2) is 16.8 Å². The molecule has 1 heterocycles. The fourth-order valence-electron chi connectivity index (χ4n) is 4.65. The predicted molar refractivity (Wildman–Crippen MR) is 123 cm³/mol. The zero-order valence-electron chi connectivity index (χ0n) is 17.8. The minimum absolute atomic E-state index is 0.0284. The maximum atomic E-state index is 13.6. The summed E-state index contributed by atoms with van der Waals surface area (Å²) in [5.41, 5.74) is 1.67. The first-order valence-electron chi connectivity index (χ1n) is 10.4. The van der Waals surface area contributed by atoms with E-state index < -0.39 is 25.5 Å². The Morgan fingerprint density at radius 1 is 1.00 bits per heavy atom. The van der Waals surface area contributed by atoms with Gasteiger partial charge in [-0.05, 0) is 30.5 Å². The van der Waals surface area contributed by atoms with Crippen molar-refractivity contribution in [2.45, 2.75) is 30.6 Å². The van der Waals surface area contributed by atoms with Crippen LogP contribution in [0.3, 0.4) is 0 Å². The molecule has 1 unspecified atom stereocenters. The average molecular weight is 475 g/mol. The Bertz CT molecular complexity index is 1270. The van der Waals surface area contributed by atoms with Gasteiger partial charge in [0.2, 0.25) is 20.0 Å². The summed E-state index contributed by atoms with van der Waals surface area (Å²) < 4.78 is 54.5. The molecule has 9 heteroatoms. The summed E-state index contributed by atoms with van der Waals surface area (Å²) in [6.45, 7) is 0.394. The van der Waals surface area contributed by atoms with Crippen LogP contribution in [0.1, 0.15) is 24.8 Å². The van der Waals surface area contributed by atoms with E-state index in [2.05, 4.69) is 4.72 Å². The van der Waals surface area contributed by atoms with E-state index in [1.165, 1.54) is 16.4 Å². The van der Waals surface area contributed by atoms with Crippen LogP contribution in [0, 0.1) is 5.41 Å². The highest BCUT2D eigenvalue weighted by Crippen LogP contribution is 2.46. The lowest BCUT2D eigenvalue weighted by Gasteiger charge is -2.45. The number of Topliss-reactive ketones (excluding diaryl/α,β-unsaturated/α-hetero) is 1. The molecule has 32 heavy (non-hydrogen) atoms. The van der Waals surface area contributed by atoms with Crippen LogP contribution < -0.4 is 4.72 Å². The first-order valence-corrected chi connectivity index (χ1v) is 13.7. The van der Waals surface area contributed by atoms with Crippen molar-refractivity contribution in [3.8, 4) is 0 Å². The zero-order valence-corrected chi connectivity index (χ0v) is 19.5. The third-order valence-electron chi connectivity index (χ3n) is 6.16. The van der Waals surface area contributed by atoms with Gasteiger partial charge in [-0.1, -0.05) is 54.1 Å². The molecule has 7 nitrogen and oxygen atoms in total. The second kappa shape index (κ2) is 8.46. The van der Waals surface area contributed by atoms with E-state index in [1.807, 2.05) is 36.4 Å². The van der Waals surface area contributed by atoms with E-state index in [9.17, 15) is 21.6 Å². The van der Waals surface area contributed by atoms with Crippen molar-refractivity contribution in [2.24, 2.45) is 5.41 Å². The molecule has 0 radical (unpaired) electrons. The Labute approximate surface area is 189 Å². The van der Waals surface area contributed by atoms with Crippen LogP contribution in [-0.2, 0) is 31.3 Å². The van der Waals surface area contributed by atoms with Crippen LogP contribution in [0.25, 0.3) is 0 Å². The van der Waals surface area contributed by atoms with Crippen molar-refractivity contribution in [3.63, 3.8) is 0 Å². The molecule has 1 aliphatic heterocycles. The molecule has 4 rings (SSSR count). The number of carbonyl (C=O) groups excluding carboxylic acids is 1. The van der Waals surface area contributed by atoms with Crippen molar-refractivity contribution in [1.82, 2.24) is 4.31 Å². The van der Waals surface area contributed by atoms with E-state index in [4.69, 9.17) is 0 Å². The second-order valence-electron chi connectivity index (χ2n) is 8.56. The number of para-hydroxylation sites is 1. The van der Waals surface area contributed by atoms with Crippen molar-refractivity contribution in [2.75, 3.05) is 24.1 Å². The Balaban J connectivity index is 1.72. The monoisotopic (exact) mass is 474 g/mol. The average Bonchev–Trinajstić information content (AvgIpc) is 2.73. The standard InChI is InChI=1S/C23H26N2O5S2/c1-31(27,28)24-21-9-5-6-10-22(21)32(29,30)25-14-12-19-15-20(26)11-13-23(19,17-25)16-18-7-3-2-4-8-18/h2-10,12,24H,11,13-17H2,1H3. The smallest absolute Gasteiger partial charge is 0.245 e. The maximum absolute atomic E-state index is 13.6. The lowest BCUT2D eigenvalue weighted by Crippen LogP contribution is -2.49. The number of anilines is 1. The van der Waals surface area contributed by atoms with Gasteiger partial charge < -0.3 is 0 Å². The lowest BCUT2D eigenvalue weighted by molar-refractivity contribution is -0.120. The summed E-state index contributed by atoms with van der Waals surface area (Å²) in [6.07, 6.45) is 4.86. The summed E-state index contributed by atoms with van der Waals surface area (Å²) in [5, 5.41) is 0. The molecule has 0 saturated heterocycles. The molecule has 0 amide bonds. The van der Waals surface area contributed by atoms with E-state index in [1.54, 1.807) is 12.1 Å². The SMILES string of the molecule is CS(=O)(=O)Nc1ccccc1S(=O)(=O)N1CC=C2CC(=O)CCC2(Cc2ccccc2)C1. The summed E-state index contributed by atoms with van der Waals surface area (Å²) in [5.74, 6) is 0.180. The Morgan fingerprint density at radius 3 is 2.41 bits per heavy atom. The van der Waals surface area contributed by atoms with Crippen molar-refractivity contribution >= 4 is 31.5 Å². The van der Waals surface area contributed by atoms with Gasteiger partial charge in [0.1, 0.15) is 10.7 Å². The second-order valence-corrected chi connectivity index (χ2v) is 12.2. The molecule has 1 saturated carbocycles. The van der Waals surface area contributed by atoms with Crippen LogP contribution in [0.4, 0.5) is 5.69 Å². The maximum Gasteiger partial charge on any atom is 0.245 e. The van der Waals surface area contributed by atoms with Gasteiger partial charge in [-0.2, -0.15) is 4.31 Å². The fraction of sp³-hybridized carbons (Fsp3) is 0.348. The number of nitrogens with zero attached hydrogens (tertiary/aromatic N) is 1. The highest BCUT2D eigenvalue weighted by molar-refractivity contribution is 7.92. The zero-order chi connectivity index (χ0) is 23.0. The molecule has 1 fully saturated rings. The molecule has 1 aliphatic carbocycles. The number of hydrogen-bond acceptors (Lipinski definition) is 5. The lowest BCUT2D eigenvalue weighted by atomic mass is 9.65. The molecule has 170 valence electrons. The molecule has 0 spiro atoms. The van der Waals surface area contributed by atoms with Gasteiger partial charge in [0.25, 0.3) is 0 Å². The summed E-state index contributed by atoms with van der Waals surface area (Å²) in [6, 6.07) is 15.9. The molecular weight excluding hydrogens is 448 g/mol. The Hall–Kier alpha value is -2.49. The Morgan fingerprint density at radius 2 is 1.69 bits per heavy atom. The van der Waals surface area contributed by atoms with E-state index in [0.29, 0.717) is 25.7 Å². The first kappa shape index (κ1) is 22.7. The van der Waals surface area contributed by atoms with Gasteiger partial charge in [0, 0.05) is 31.3 Å². The van der Waals surface area contributed by atoms with Crippen LogP contribution in [0.5, 0.6) is 0 Å². The van der Waals surface area contributed by atoms with Gasteiger partial charge >= 0.3 is 0 Å². The minimum Gasteiger partial charge on any atom is -0.299 e. The molecule has 1 N–H and O–H groups in total. The first-order chi connectivity index (χ1) is 15.1. The molecule has 1 atom stereocenters. The summed E-state index contributed by atoms with van der Waals surface area (Å²) in [4.78, 5) is 12.1. The highest BCUT2D eigenvalue weighted by Gasteiger charge is 2.45. The minimum atomic E-state index is -3.98. The molecule has 2 aromatic carbocycles. The van der Waals surface area contributed by atoms with Crippen molar-refractivity contribution in [1.29, 1.82) is 0 Å². The van der Waals surface area contributed by atoms with Gasteiger partial charge in [0.15, 0.2) is 0 Å². The number of ketones is 1. The van der Waals surface area contributed by atoms with E-state index >= 15 is 0 Å². The molecule has 2 aromatic rings. The largest absolute Gasteiger partial charge is 0.299 e. The summed E-state index contributed by atoms with van der Waals surface area (Å²) in [7, 11) is -7.63. The number of hydrogen-bond donors (Lipinski definition) is 1. The number of sulfonamides is 2. The van der Waals surface area contributed by atoms with Crippen LogP contribution in [0.15, 0.2) is 71.1 Å². The Kier molecular flexibility index (Phi) is 6.00. The number of nitrogens with one attached hydrogen (secondary N) is 1. The molecule has 2 aliphatic rings. The third kappa shape index (κ3) is 4.65. The third-order valence-corrected chi connectivity index (χ3v) is 8.62. The highest BCUT2D eigenvalue weighted by atomic mass is 32.2. The summed E-state index contributed by atoms with van der Waals surface area (Å²) >= 11 is 0. The van der Waals surface area contributed by atoms with Gasteiger partial charge in [-0.15, -0.1) is 0 Å². The molecule has 0 bridgehead atoms.